The average Bonchev–Trinajstić information content (AvgIpc) is 2.73. The summed E-state index contributed by atoms with van der Waals surface area (Å²) >= 11 is 3.63. The Labute approximate surface area is 187 Å². The fourth-order valence-corrected chi connectivity index (χ4v) is 3.90. The van der Waals surface area contributed by atoms with E-state index in [1.807, 2.05) is 0 Å². The van der Waals surface area contributed by atoms with Crippen LogP contribution in [0.5, 0.6) is 0 Å². The van der Waals surface area contributed by atoms with E-state index in [1.165, 1.54) is 0 Å². The maximum Gasteiger partial charge on any atom is 0.115 e. The predicted molar refractivity (Wildman–Crippen MR) is 122 cm³/mol. The molecular formula is C23H45BrO5. The molecule has 0 N–H and O–H groups in total. The number of ether oxygens (including phenoxy) is 5. The van der Waals surface area contributed by atoms with Gasteiger partial charge >= 0.3 is 0 Å². The summed E-state index contributed by atoms with van der Waals surface area (Å²) < 4.78 is 31.4. The van der Waals surface area contributed by atoms with E-state index in [1.54, 1.807) is 0 Å². The van der Waals surface area contributed by atoms with Crippen LogP contribution in [0.4, 0.5) is 0 Å². The van der Waals surface area contributed by atoms with Crippen LogP contribution in [-0.2, 0) is 23.7 Å². The Kier molecular flexibility index (Phi) is 16.9. The van der Waals surface area contributed by atoms with E-state index in [9.17, 15) is 0 Å². The number of rotatable bonds is 18. The molecule has 0 amide bonds. The molecule has 0 bridgehead atoms. The Morgan fingerprint density at radius 3 is 1.55 bits per heavy atom. The van der Waals surface area contributed by atoms with Gasteiger partial charge in [-0.25, -0.2) is 0 Å². The standard InChI is InChI=1S/C23H45BrO5/c1-5-9-13-25-18-20-22(27-15-11-7-3)23(28-16-12-8-4)21(19(17-24)29-20)26-14-10-6-2/h19-23H,5-18H2,1-4H3/t19-,20-,21-,22-,23-/m1/s1. The summed E-state index contributed by atoms with van der Waals surface area (Å²) in [5.41, 5.74) is 0. The van der Waals surface area contributed by atoms with Crippen LogP contribution < -0.4 is 0 Å². The minimum atomic E-state index is -0.165. The molecule has 1 fully saturated rings. The van der Waals surface area contributed by atoms with Crippen LogP contribution >= 0.6 is 15.9 Å². The summed E-state index contributed by atoms with van der Waals surface area (Å²) in [4.78, 5) is 0. The number of alkyl halides is 1. The predicted octanol–water partition coefficient (Wildman–Crippen LogP) is 5.52. The third-order valence-electron chi connectivity index (χ3n) is 5.23. The lowest BCUT2D eigenvalue weighted by Gasteiger charge is -2.46. The van der Waals surface area contributed by atoms with E-state index in [2.05, 4.69) is 43.6 Å². The Hall–Kier alpha value is 0.280. The molecule has 0 aromatic heterocycles. The maximum atomic E-state index is 6.44. The monoisotopic (exact) mass is 480 g/mol. The highest BCUT2D eigenvalue weighted by atomic mass is 79.9. The normalized spacial score (nSPS) is 27.4. The quantitative estimate of drug-likeness (QED) is 0.191. The van der Waals surface area contributed by atoms with Crippen molar-refractivity contribution in [1.29, 1.82) is 0 Å². The van der Waals surface area contributed by atoms with Crippen molar-refractivity contribution in [2.75, 3.05) is 38.4 Å². The topological polar surface area (TPSA) is 46.2 Å². The minimum absolute atomic E-state index is 0.0655. The summed E-state index contributed by atoms with van der Waals surface area (Å²) in [7, 11) is 0. The van der Waals surface area contributed by atoms with Gasteiger partial charge in [0.1, 0.15) is 24.4 Å². The van der Waals surface area contributed by atoms with Crippen LogP contribution in [-0.4, -0.2) is 68.9 Å². The lowest BCUT2D eigenvalue weighted by molar-refractivity contribution is -0.261. The van der Waals surface area contributed by atoms with Crippen LogP contribution in [0.1, 0.15) is 79.1 Å². The number of halogens is 1. The summed E-state index contributed by atoms with van der Waals surface area (Å²) in [6.07, 6.45) is 8.00. The van der Waals surface area contributed by atoms with Crippen molar-refractivity contribution < 1.29 is 23.7 Å². The van der Waals surface area contributed by atoms with Gasteiger partial charge in [-0.05, 0) is 25.7 Å². The molecule has 0 aromatic rings. The lowest BCUT2D eigenvalue weighted by Crippen LogP contribution is -2.62. The Morgan fingerprint density at radius 2 is 1.07 bits per heavy atom. The molecule has 0 saturated carbocycles. The fourth-order valence-electron chi connectivity index (χ4n) is 3.38. The molecular weight excluding hydrogens is 436 g/mol. The highest BCUT2D eigenvalue weighted by molar-refractivity contribution is 9.09. The molecule has 29 heavy (non-hydrogen) atoms. The van der Waals surface area contributed by atoms with Gasteiger partial charge in [0.15, 0.2) is 0 Å². The second-order valence-corrected chi connectivity index (χ2v) is 8.51. The SMILES string of the molecule is CCCCOC[C@H]1O[C@H](CBr)[C@@H](OCCCC)[C@@H](OCCCC)[C@@H]1OCCCC. The summed E-state index contributed by atoms with van der Waals surface area (Å²) in [6, 6.07) is 0. The molecule has 1 saturated heterocycles. The van der Waals surface area contributed by atoms with Crippen LogP contribution in [0.25, 0.3) is 0 Å². The highest BCUT2D eigenvalue weighted by Crippen LogP contribution is 2.30. The fraction of sp³-hybridized carbons (Fsp3) is 1.00. The van der Waals surface area contributed by atoms with E-state index in [4.69, 9.17) is 23.7 Å². The van der Waals surface area contributed by atoms with Gasteiger partial charge in [0.25, 0.3) is 0 Å². The molecule has 0 aromatic carbocycles. The summed E-state index contributed by atoms with van der Waals surface area (Å²) in [5, 5.41) is 0.713. The number of hydrogen-bond acceptors (Lipinski definition) is 5. The molecule has 0 unspecified atom stereocenters. The van der Waals surface area contributed by atoms with E-state index in [0.717, 1.165) is 71.2 Å². The maximum absolute atomic E-state index is 6.44. The Morgan fingerprint density at radius 1 is 0.621 bits per heavy atom. The van der Waals surface area contributed by atoms with Crippen molar-refractivity contribution in [2.24, 2.45) is 0 Å². The first-order valence-corrected chi connectivity index (χ1v) is 13.0. The minimum Gasteiger partial charge on any atom is -0.379 e. The van der Waals surface area contributed by atoms with Gasteiger partial charge in [0.05, 0.1) is 12.7 Å². The third kappa shape index (κ3) is 10.4. The van der Waals surface area contributed by atoms with E-state index >= 15 is 0 Å². The second-order valence-electron chi connectivity index (χ2n) is 7.86. The first-order valence-electron chi connectivity index (χ1n) is 11.9. The van der Waals surface area contributed by atoms with Crippen molar-refractivity contribution in [3.63, 3.8) is 0 Å². The molecule has 1 rings (SSSR count). The van der Waals surface area contributed by atoms with Gasteiger partial charge < -0.3 is 23.7 Å². The van der Waals surface area contributed by atoms with E-state index in [-0.39, 0.29) is 30.5 Å². The Balaban J connectivity index is 2.92. The molecule has 5 nitrogen and oxygen atoms in total. The van der Waals surface area contributed by atoms with Crippen molar-refractivity contribution >= 4 is 15.9 Å². The average molecular weight is 482 g/mol. The molecule has 1 aliphatic heterocycles. The zero-order valence-corrected chi connectivity index (χ0v) is 20.8. The molecule has 0 spiro atoms. The van der Waals surface area contributed by atoms with Crippen LogP contribution in [0.15, 0.2) is 0 Å². The smallest absolute Gasteiger partial charge is 0.115 e. The number of hydrogen-bond donors (Lipinski definition) is 0. The van der Waals surface area contributed by atoms with Gasteiger partial charge in [-0.1, -0.05) is 69.3 Å². The lowest BCUT2D eigenvalue weighted by atomic mass is 9.95. The van der Waals surface area contributed by atoms with Gasteiger partial charge in [0.2, 0.25) is 0 Å². The van der Waals surface area contributed by atoms with Gasteiger partial charge in [-0.15, -0.1) is 0 Å². The summed E-state index contributed by atoms with van der Waals surface area (Å²) in [5.74, 6) is 0. The molecule has 0 aliphatic carbocycles. The van der Waals surface area contributed by atoms with Crippen LogP contribution in [0, 0.1) is 0 Å². The molecule has 1 heterocycles. The van der Waals surface area contributed by atoms with Gasteiger partial charge in [-0.3, -0.25) is 0 Å². The Bertz CT molecular complexity index is 371. The molecule has 174 valence electrons. The first kappa shape index (κ1) is 27.3. The first-order chi connectivity index (χ1) is 14.2. The van der Waals surface area contributed by atoms with Crippen molar-refractivity contribution in [3.05, 3.63) is 0 Å². The third-order valence-corrected chi connectivity index (χ3v) is 5.87. The van der Waals surface area contributed by atoms with E-state index < -0.39 is 0 Å². The van der Waals surface area contributed by atoms with Gasteiger partial charge in [-0.2, -0.15) is 0 Å². The molecule has 6 heteroatoms. The second kappa shape index (κ2) is 17.9. The van der Waals surface area contributed by atoms with Crippen molar-refractivity contribution in [2.45, 2.75) is 110 Å². The van der Waals surface area contributed by atoms with Crippen molar-refractivity contribution in [1.82, 2.24) is 0 Å². The molecule has 1 aliphatic rings. The van der Waals surface area contributed by atoms with Crippen molar-refractivity contribution in [3.8, 4) is 0 Å². The van der Waals surface area contributed by atoms with Gasteiger partial charge in [0, 0.05) is 31.8 Å². The highest BCUT2D eigenvalue weighted by Gasteiger charge is 2.47. The molecule has 0 radical (unpaired) electrons. The zero-order valence-electron chi connectivity index (χ0n) is 19.2. The largest absolute Gasteiger partial charge is 0.379 e. The zero-order chi connectivity index (χ0) is 21.3. The van der Waals surface area contributed by atoms with Crippen LogP contribution in [0.2, 0.25) is 0 Å². The number of unbranched alkanes of at least 4 members (excludes halogenated alkanes) is 4. The molecule has 5 atom stereocenters. The van der Waals surface area contributed by atoms with E-state index in [0.29, 0.717) is 18.5 Å². The van der Waals surface area contributed by atoms with Crippen LogP contribution in [0.3, 0.4) is 0 Å². The summed E-state index contributed by atoms with van der Waals surface area (Å²) in [6.45, 7) is 12.2.